The Balaban J connectivity index is 4.36. The van der Waals surface area contributed by atoms with Crippen LogP contribution in [0.3, 0.4) is 0 Å². The largest absolute Gasteiger partial charge is 0.390 e. The van der Waals surface area contributed by atoms with E-state index in [1.165, 1.54) is 81.9 Å². The lowest BCUT2D eigenvalue weighted by molar-refractivity contribution is -0.156. The molecule has 0 aromatic heterocycles. The van der Waals surface area contributed by atoms with Gasteiger partial charge in [-0.05, 0) is 107 Å². The Morgan fingerprint density at radius 2 is 1.03 bits per heavy atom. The van der Waals surface area contributed by atoms with Crippen molar-refractivity contribution in [1.82, 2.24) is 60.9 Å². The zero-order chi connectivity index (χ0) is 75.9. The number of ether oxygens (including phenoxy) is 1. The molecule has 0 aromatic carbocycles. The molecule has 1 aliphatic rings. The number of hydrogen-bond donors (Lipinski definition) is 6. The minimum atomic E-state index is -1.64. The second kappa shape index (κ2) is 44.7. The van der Waals surface area contributed by atoms with Crippen LogP contribution < -0.4 is 26.6 Å². The van der Waals surface area contributed by atoms with E-state index >= 15 is 19.2 Å². The van der Waals surface area contributed by atoms with Crippen molar-refractivity contribution in [3.05, 3.63) is 12.2 Å². The summed E-state index contributed by atoms with van der Waals surface area (Å²) < 4.78 is 5.85. The number of carbonyl (C=O) groups is 12. The highest BCUT2D eigenvalue weighted by molar-refractivity contribution is 5.99. The fraction of sp³-hybridized carbons (Fsp3) is 0.789. The van der Waals surface area contributed by atoms with Crippen LogP contribution in [-0.4, -0.2) is 265 Å². The number of aliphatic imine (C=N–C) groups is 1. The molecule has 1 heterocycles. The topological polar surface area (TPSA) is 347 Å². The van der Waals surface area contributed by atoms with E-state index in [1.54, 1.807) is 53.7 Å². The van der Waals surface area contributed by atoms with Crippen LogP contribution in [0.2, 0.25) is 0 Å². The lowest BCUT2D eigenvalue weighted by Crippen LogP contribution is -2.63. The summed E-state index contributed by atoms with van der Waals surface area (Å²) in [6, 6.07) is -13.4. The zero-order valence-corrected chi connectivity index (χ0v) is 63.7. The first-order chi connectivity index (χ1) is 46.3. The molecule has 1 aliphatic heterocycles. The first kappa shape index (κ1) is 89.7. The van der Waals surface area contributed by atoms with Gasteiger partial charge in [0, 0.05) is 55.9 Å². The number of isocyanates is 1. The number of aliphatic hydroxyl groups is 1. The molecular weight excluding hydrogens is 1270 g/mol. The summed E-state index contributed by atoms with van der Waals surface area (Å²) in [4.78, 5) is 198. The smallest absolute Gasteiger partial charge is 0.247 e. The second-order valence-corrected chi connectivity index (χ2v) is 28.8. The first-order valence-electron chi connectivity index (χ1n) is 35.5. The van der Waals surface area contributed by atoms with Crippen LogP contribution in [0.25, 0.3) is 0 Å². The third-order valence-corrected chi connectivity index (χ3v) is 18.2. The number of amides is 12. The Hall–Kier alpha value is -7.32. The van der Waals surface area contributed by atoms with E-state index < -0.39 is 169 Å². The molecule has 1 saturated heterocycles. The molecule has 0 spiro atoms. The fourth-order valence-electron chi connectivity index (χ4n) is 11.9. The van der Waals surface area contributed by atoms with Crippen LogP contribution in [0.1, 0.15) is 181 Å². The molecule has 0 aromatic rings. The van der Waals surface area contributed by atoms with Crippen molar-refractivity contribution in [2.75, 3.05) is 82.2 Å². The normalized spacial score (nSPS) is 24.5. The second-order valence-electron chi connectivity index (χ2n) is 28.8. The summed E-state index contributed by atoms with van der Waals surface area (Å²) in [5, 5.41) is 25.9. The van der Waals surface area contributed by atoms with Crippen molar-refractivity contribution >= 4 is 77.0 Å². The predicted octanol–water partition coefficient (Wildman–Crippen LogP) is 3.42. The van der Waals surface area contributed by atoms with Gasteiger partial charge in [-0.2, -0.15) is 0 Å². The van der Waals surface area contributed by atoms with Gasteiger partial charge in [-0.15, -0.1) is 0 Å². The first-order valence-corrected chi connectivity index (χ1v) is 35.5. The molecule has 564 valence electrons. The average molecular weight is 1400 g/mol. The highest BCUT2D eigenvalue weighted by Gasteiger charge is 2.45. The Kier molecular flexibility index (Phi) is 40.5. The SMILES string of the molecule is C/C=C/CC(C)C(O)C1C(=O)NC(CC)C(=O)N(C)CC(=O)N(C)C(CC(C)C)C(=O)NC(C(C)C)C(=O)N(C)C(CC(C)C)C(=O)NC(C)C(=O)NC(COCC(=O)NCCCCCCCN=C=O)C(=O)N(C)C(CC(C)C)C(=O)N(C)C(CC(C)C)C(=O)N(C)C(CC)C(=O)N1C. The number of unbranched alkanes of at least 4 members (excludes halogenated alkanes) is 4. The number of hydrogen-bond acceptors (Lipinski definition) is 16. The molecular formula is C71H125N13O15. The monoisotopic (exact) mass is 1400 g/mol. The van der Waals surface area contributed by atoms with Gasteiger partial charge < -0.3 is 70.7 Å². The molecule has 0 saturated carbocycles. The molecule has 0 bridgehead atoms. The quantitative estimate of drug-likeness (QED) is 0.0297. The van der Waals surface area contributed by atoms with E-state index in [0.717, 1.165) is 40.4 Å². The summed E-state index contributed by atoms with van der Waals surface area (Å²) in [6.45, 7) is 25.3. The van der Waals surface area contributed by atoms with Gasteiger partial charge in [0.2, 0.25) is 77.0 Å². The van der Waals surface area contributed by atoms with Gasteiger partial charge in [0.15, 0.2) is 0 Å². The van der Waals surface area contributed by atoms with E-state index in [1.807, 2.05) is 55.4 Å². The molecule has 12 unspecified atom stereocenters. The van der Waals surface area contributed by atoms with E-state index in [2.05, 4.69) is 31.6 Å². The number of nitrogens with one attached hydrogen (secondary N) is 5. The summed E-state index contributed by atoms with van der Waals surface area (Å²) in [6.07, 6.45) is 8.03. The van der Waals surface area contributed by atoms with E-state index in [4.69, 9.17) is 4.74 Å². The van der Waals surface area contributed by atoms with Crippen LogP contribution in [0.4, 0.5) is 0 Å². The molecule has 1 fully saturated rings. The Labute approximate surface area is 590 Å². The molecule has 28 nitrogen and oxygen atoms in total. The highest BCUT2D eigenvalue weighted by Crippen LogP contribution is 2.25. The number of likely N-dealkylation sites (N-methyl/N-ethyl adjacent to an activating group) is 7. The van der Waals surface area contributed by atoms with Crippen molar-refractivity contribution in [1.29, 1.82) is 0 Å². The van der Waals surface area contributed by atoms with E-state index in [-0.39, 0.29) is 68.6 Å². The minimum Gasteiger partial charge on any atom is -0.390 e. The van der Waals surface area contributed by atoms with E-state index in [0.29, 0.717) is 19.5 Å². The third-order valence-electron chi connectivity index (χ3n) is 18.2. The maximum absolute atomic E-state index is 15.3. The van der Waals surface area contributed by atoms with Gasteiger partial charge in [-0.3, -0.25) is 57.5 Å². The Bertz CT molecular complexity index is 2740. The maximum Gasteiger partial charge on any atom is 0.247 e. The zero-order valence-electron chi connectivity index (χ0n) is 63.7. The van der Waals surface area contributed by atoms with Gasteiger partial charge in [0.05, 0.1) is 25.8 Å². The van der Waals surface area contributed by atoms with Crippen molar-refractivity contribution in [2.45, 2.75) is 247 Å². The standard InChI is InChI=1S/C71H125N13O15/c1-23-26-32-48(14)61(88)60-65(92)75-50(24-2)66(93)78(16)39-58(87)79(17)53(35-43(4)5)64(91)77-59(47(12)13)71(98)81(19)54(36-44(6)7)63(90)74-49(15)62(89)76-51(40-99-41-57(86)73-34-31-29-27-28-30-33-72-42-85)67(94)82(20)55(37-45(8)9)70(97)83(21)56(38-46(10)11)69(96)80(18)52(25-3)68(95)84(60)22/h23,26,43-56,59-61,88H,24-25,27-41H2,1-22H3,(H,73,86)(H,74,90)(H,75,92)(H,76,89)(H,77,91)/b26-23+. The van der Waals surface area contributed by atoms with Crippen molar-refractivity contribution in [2.24, 2.45) is 40.5 Å². The summed E-state index contributed by atoms with van der Waals surface area (Å²) in [5.74, 6) is -10.8. The number of allylic oxidation sites excluding steroid dienone is 2. The van der Waals surface area contributed by atoms with Gasteiger partial charge in [-0.1, -0.05) is 121 Å². The van der Waals surface area contributed by atoms with Crippen LogP contribution in [-0.2, 0) is 67.1 Å². The summed E-state index contributed by atoms with van der Waals surface area (Å²) in [5.41, 5.74) is 0. The summed E-state index contributed by atoms with van der Waals surface area (Å²) >= 11 is 0. The molecule has 99 heavy (non-hydrogen) atoms. The van der Waals surface area contributed by atoms with Crippen LogP contribution in [0, 0.1) is 35.5 Å². The van der Waals surface area contributed by atoms with Crippen LogP contribution in [0.15, 0.2) is 17.1 Å². The molecule has 12 atom stereocenters. The molecule has 0 aliphatic carbocycles. The Morgan fingerprint density at radius 3 is 1.54 bits per heavy atom. The van der Waals surface area contributed by atoms with Gasteiger partial charge in [-0.25, -0.2) is 9.79 Å². The number of aliphatic hydroxyl groups excluding tert-OH is 1. The fourth-order valence-corrected chi connectivity index (χ4v) is 11.9. The summed E-state index contributed by atoms with van der Waals surface area (Å²) in [7, 11) is 9.67. The molecule has 6 N–H and O–H groups in total. The third kappa shape index (κ3) is 28.7. The van der Waals surface area contributed by atoms with Crippen molar-refractivity contribution in [3.8, 4) is 0 Å². The minimum absolute atomic E-state index is 0.0000696. The van der Waals surface area contributed by atoms with Crippen LogP contribution >= 0.6 is 0 Å². The number of rotatable bonds is 27. The predicted molar refractivity (Wildman–Crippen MR) is 378 cm³/mol. The highest BCUT2D eigenvalue weighted by atomic mass is 16.5. The van der Waals surface area contributed by atoms with Gasteiger partial charge >= 0.3 is 0 Å². The lowest BCUT2D eigenvalue weighted by atomic mass is 9.92. The van der Waals surface area contributed by atoms with Crippen molar-refractivity contribution < 1.29 is 72.2 Å². The lowest BCUT2D eigenvalue weighted by Gasteiger charge is -2.40. The molecule has 1 rings (SSSR count). The number of nitrogens with zero attached hydrogens (tertiary/aromatic N) is 8. The Morgan fingerprint density at radius 1 is 0.566 bits per heavy atom. The molecule has 28 heteroatoms. The van der Waals surface area contributed by atoms with Gasteiger partial charge in [0.25, 0.3) is 0 Å². The maximum atomic E-state index is 15.3. The molecule has 0 radical (unpaired) electrons. The average Bonchev–Trinajstić information content (AvgIpc) is 0.814. The van der Waals surface area contributed by atoms with Crippen LogP contribution in [0.5, 0.6) is 0 Å². The van der Waals surface area contributed by atoms with E-state index in [9.17, 15) is 48.3 Å². The van der Waals surface area contributed by atoms with Crippen molar-refractivity contribution in [3.63, 3.8) is 0 Å². The van der Waals surface area contributed by atoms with Gasteiger partial charge in [0.1, 0.15) is 67.0 Å². The molecule has 12 amide bonds. The number of carbonyl (C=O) groups excluding carboxylic acids is 13.